The number of hydrogen-bond acceptors (Lipinski definition) is 2. The van der Waals surface area contributed by atoms with Gasteiger partial charge in [-0.1, -0.05) is 29.8 Å². The van der Waals surface area contributed by atoms with E-state index >= 15 is 0 Å². The van der Waals surface area contributed by atoms with Gasteiger partial charge in [0.05, 0.1) is 11.8 Å². The molecule has 0 fully saturated rings. The molecule has 1 N–H and O–H groups in total. The highest BCUT2D eigenvalue weighted by Crippen LogP contribution is 2.19. The molecule has 0 spiro atoms. The summed E-state index contributed by atoms with van der Waals surface area (Å²) in [4.78, 5) is 13.0. The van der Waals surface area contributed by atoms with Crippen LogP contribution in [0.3, 0.4) is 0 Å². The average molecular weight is 303 g/mol. The van der Waals surface area contributed by atoms with Gasteiger partial charge in [0.1, 0.15) is 5.82 Å². The molecule has 0 saturated carbocycles. The molecule has 0 aliphatic rings. The first-order chi connectivity index (χ1) is 10.0. The molecule has 110 valence electrons. The summed E-state index contributed by atoms with van der Waals surface area (Å²) in [6, 6.07) is 14.1. The van der Waals surface area contributed by atoms with Crippen LogP contribution >= 0.6 is 11.8 Å². The third-order valence-electron chi connectivity index (χ3n) is 3.14. The number of amides is 1. The second-order valence-electron chi connectivity index (χ2n) is 4.94. The molecule has 1 amide bonds. The third kappa shape index (κ3) is 4.90. The Balaban J connectivity index is 1.83. The fraction of sp³-hybridized carbons (Fsp3) is 0.235. The maximum absolute atomic E-state index is 12.9. The normalized spacial score (nSPS) is 12.0. The first kappa shape index (κ1) is 15.6. The van der Waals surface area contributed by atoms with E-state index in [0.29, 0.717) is 5.75 Å². The Labute approximate surface area is 128 Å². The van der Waals surface area contributed by atoms with Crippen LogP contribution in [0.15, 0.2) is 53.4 Å². The zero-order chi connectivity index (χ0) is 15.2. The number of carbonyl (C=O) groups excluding carboxylic acids is 1. The number of nitrogens with one attached hydrogen (secondary N) is 1. The Morgan fingerprint density at radius 2 is 1.76 bits per heavy atom. The van der Waals surface area contributed by atoms with Crippen molar-refractivity contribution in [1.29, 1.82) is 0 Å². The van der Waals surface area contributed by atoms with Crippen LogP contribution in [0.1, 0.15) is 24.1 Å². The van der Waals surface area contributed by atoms with Gasteiger partial charge in [-0.25, -0.2) is 4.39 Å². The van der Waals surface area contributed by atoms with Gasteiger partial charge in [0.25, 0.3) is 0 Å². The van der Waals surface area contributed by atoms with Gasteiger partial charge < -0.3 is 5.32 Å². The average Bonchev–Trinajstić information content (AvgIpc) is 2.47. The number of carbonyl (C=O) groups is 1. The number of thioether (sulfide) groups is 1. The predicted molar refractivity (Wildman–Crippen MR) is 84.9 cm³/mol. The van der Waals surface area contributed by atoms with Crippen molar-refractivity contribution in [3.8, 4) is 0 Å². The molecule has 0 unspecified atom stereocenters. The van der Waals surface area contributed by atoms with Gasteiger partial charge >= 0.3 is 0 Å². The van der Waals surface area contributed by atoms with E-state index in [-0.39, 0.29) is 17.8 Å². The standard InChI is InChI=1S/C17H18FNOS/c1-12-3-9-16(10-4-12)21-11-17(20)19-13(2)14-5-7-15(18)8-6-14/h3-10,13H,11H2,1-2H3,(H,19,20)/t13-/m0/s1. The quantitative estimate of drug-likeness (QED) is 0.842. The molecule has 2 aromatic rings. The number of benzene rings is 2. The second kappa shape index (κ2) is 7.27. The number of hydrogen-bond donors (Lipinski definition) is 1. The Morgan fingerprint density at radius 3 is 2.38 bits per heavy atom. The van der Waals surface area contributed by atoms with Gasteiger partial charge in [-0.3, -0.25) is 4.79 Å². The van der Waals surface area contributed by atoms with Crippen molar-refractivity contribution in [2.24, 2.45) is 0 Å². The Kier molecular flexibility index (Phi) is 5.39. The summed E-state index contributed by atoms with van der Waals surface area (Å²) in [6.07, 6.45) is 0. The molecule has 21 heavy (non-hydrogen) atoms. The van der Waals surface area contributed by atoms with E-state index in [1.54, 1.807) is 12.1 Å². The van der Waals surface area contributed by atoms with Crippen LogP contribution < -0.4 is 5.32 Å². The van der Waals surface area contributed by atoms with Crippen LogP contribution in [0.4, 0.5) is 4.39 Å². The first-order valence-electron chi connectivity index (χ1n) is 6.79. The molecule has 2 aromatic carbocycles. The van der Waals surface area contributed by atoms with Crippen molar-refractivity contribution in [2.45, 2.75) is 24.8 Å². The summed E-state index contributed by atoms with van der Waals surface area (Å²) >= 11 is 1.50. The van der Waals surface area contributed by atoms with E-state index in [9.17, 15) is 9.18 Å². The fourth-order valence-electron chi connectivity index (χ4n) is 1.90. The van der Waals surface area contributed by atoms with Gasteiger partial charge in [-0.15, -0.1) is 11.8 Å². The molecule has 0 aromatic heterocycles. The van der Waals surface area contributed by atoms with Crippen molar-refractivity contribution >= 4 is 17.7 Å². The van der Waals surface area contributed by atoms with Gasteiger partial charge in [-0.2, -0.15) is 0 Å². The van der Waals surface area contributed by atoms with Crippen LogP contribution in [0.2, 0.25) is 0 Å². The van der Waals surface area contributed by atoms with Gasteiger partial charge in [-0.05, 0) is 43.7 Å². The van der Waals surface area contributed by atoms with Crippen molar-refractivity contribution in [3.63, 3.8) is 0 Å². The third-order valence-corrected chi connectivity index (χ3v) is 4.15. The monoisotopic (exact) mass is 303 g/mol. The van der Waals surface area contributed by atoms with Gasteiger partial charge in [0, 0.05) is 4.90 Å². The number of rotatable bonds is 5. The molecule has 0 bridgehead atoms. The smallest absolute Gasteiger partial charge is 0.230 e. The summed E-state index contributed by atoms with van der Waals surface area (Å²) in [6.45, 7) is 3.92. The summed E-state index contributed by atoms with van der Waals surface area (Å²) in [5.41, 5.74) is 2.10. The maximum atomic E-state index is 12.9. The zero-order valence-corrected chi connectivity index (χ0v) is 12.9. The molecular formula is C17H18FNOS. The van der Waals surface area contributed by atoms with E-state index in [2.05, 4.69) is 5.32 Å². The van der Waals surface area contributed by atoms with E-state index in [1.165, 1.54) is 29.5 Å². The molecule has 0 aliphatic heterocycles. The zero-order valence-electron chi connectivity index (χ0n) is 12.1. The fourth-order valence-corrected chi connectivity index (χ4v) is 2.61. The van der Waals surface area contributed by atoms with Gasteiger partial charge in [0.15, 0.2) is 0 Å². The molecular weight excluding hydrogens is 285 g/mol. The van der Waals surface area contributed by atoms with Gasteiger partial charge in [0.2, 0.25) is 5.91 Å². The van der Waals surface area contributed by atoms with E-state index in [4.69, 9.17) is 0 Å². The lowest BCUT2D eigenvalue weighted by Crippen LogP contribution is -2.28. The van der Waals surface area contributed by atoms with Crippen molar-refractivity contribution < 1.29 is 9.18 Å². The van der Waals surface area contributed by atoms with Crippen LogP contribution in [0, 0.1) is 12.7 Å². The maximum Gasteiger partial charge on any atom is 0.230 e. The highest BCUT2D eigenvalue weighted by molar-refractivity contribution is 8.00. The molecule has 4 heteroatoms. The lowest BCUT2D eigenvalue weighted by atomic mass is 10.1. The Bertz CT molecular complexity index is 595. The summed E-state index contributed by atoms with van der Waals surface area (Å²) in [5.74, 6) is 0.0683. The minimum Gasteiger partial charge on any atom is -0.349 e. The first-order valence-corrected chi connectivity index (χ1v) is 7.77. The molecule has 2 nitrogen and oxygen atoms in total. The molecule has 2 rings (SSSR count). The minimum absolute atomic E-state index is 0.0302. The van der Waals surface area contributed by atoms with Crippen molar-refractivity contribution in [3.05, 3.63) is 65.5 Å². The summed E-state index contributed by atoms with van der Waals surface area (Å²) in [7, 11) is 0. The highest BCUT2D eigenvalue weighted by atomic mass is 32.2. The highest BCUT2D eigenvalue weighted by Gasteiger charge is 2.10. The molecule has 0 heterocycles. The lowest BCUT2D eigenvalue weighted by molar-refractivity contribution is -0.119. The van der Waals surface area contributed by atoms with E-state index in [0.717, 1.165) is 10.5 Å². The number of aryl methyl sites for hydroxylation is 1. The summed E-state index contributed by atoms with van der Waals surface area (Å²) < 4.78 is 12.9. The lowest BCUT2D eigenvalue weighted by Gasteiger charge is -2.14. The molecule has 0 radical (unpaired) electrons. The van der Waals surface area contributed by atoms with Crippen LogP contribution in [0.5, 0.6) is 0 Å². The predicted octanol–water partition coefficient (Wildman–Crippen LogP) is 4.10. The molecule has 0 saturated heterocycles. The van der Waals surface area contributed by atoms with E-state index in [1.807, 2.05) is 38.1 Å². The molecule has 1 atom stereocenters. The van der Waals surface area contributed by atoms with E-state index < -0.39 is 0 Å². The van der Waals surface area contributed by atoms with Crippen molar-refractivity contribution in [2.75, 3.05) is 5.75 Å². The van der Waals surface area contributed by atoms with Crippen LogP contribution in [-0.4, -0.2) is 11.7 Å². The van der Waals surface area contributed by atoms with Crippen molar-refractivity contribution in [1.82, 2.24) is 5.32 Å². The largest absolute Gasteiger partial charge is 0.349 e. The topological polar surface area (TPSA) is 29.1 Å². The minimum atomic E-state index is -0.271. The van der Waals surface area contributed by atoms with Crippen LogP contribution in [-0.2, 0) is 4.79 Å². The molecule has 0 aliphatic carbocycles. The number of halogens is 1. The second-order valence-corrected chi connectivity index (χ2v) is 5.99. The Morgan fingerprint density at radius 1 is 1.14 bits per heavy atom. The summed E-state index contributed by atoms with van der Waals surface area (Å²) in [5, 5.41) is 2.92. The Hall–Kier alpha value is -1.81. The SMILES string of the molecule is Cc1ccc(SCC(=O)N[C@@H](C)c2ccc(F)cc2)cc1. The van der Waals surface area contributed by atoms with Crippen LogP contribution in [0.25, 0.3) is 0 Å².